The first kappa shape index (κ1) is 61.2. The Balaban J connectivity index is 0.989. The maximum absolute atomic E-state index is 2.60. The SMILES string of the molecule is CC(C)(C)c1ccc(-c2cc(C(C)(C)C)ccc2N(c2ccc([Si](C)(C)C)cc2)c2ccc3c4cc5c(cc4n4c6ccccc6c2c34)c2ccc(N(c3ccc([Si](C)(C)C)cc3)c3ccc(C(C)(C)C)cc3-c3ccc(C(C)(C)C)cc3)c3c4ccccc4n5c23)cc1. The first-order chi connectivity index (χ1) is 44.4. The van der Waals surface area contributed by atoms with E-state index in [4.69, 9.17) is 0 Å². The minimum atomic E-state index is -1.63. The second kappa shape index (κ2) is 21.3. The molecule has 0 fully saturated rings. The number of hydrogen-bond donors (Lipinski definition) is 0. The Hall–Kier alpha value is -8.95. The van der Waals surface area contributed by atoms with Crippen LogP contribution in [0.5, 0.6) is 0 Å². The van der Waals surface area contributed by atoms with Crippen LogP contribution in [0.4, 0.5) is 34.1 Å². The van der Waals surface area contributed by atoms with Gasteiger partial charge in [0.1, 0.15) is 0 Å². The van der Waals surface area contributed by atoms with Gasteiger partial charge >= 0.3 is 0 Å². The predicted molar refractivity (Wildman–Crippen MR) is 417 cm³/mol. The molecule has 0 saturated carbocycles. The van der Waals surface area contributed by atoms with Crippen molar-refractivity contribution in [1.82, 2.24) is 8.80 Å². The van der Waals surface area contributed by atoms with Gasteiger partial charge in [0.15, 0.2) is 0 Å². The third-order valence-electron chi connectivity index (χ3n) is 20.6. The normalized spacial score (nSPS) is 13.2. The van der Waals surface area contributed by atoms with Crippen LogP contribution in [0, 0.1) is 0 Å². The Morgan fingerprint density at radius 2 is 0.596 bits per heavy atom. The minimum Gasteiger partial charge on any atom is -0.309 e. The molecule has 0 N–H and O–H groups in total. The Morgan fingerprint density at radius 1 is 0.277 bits per heavy atom. The standard InChI is InChI=1S/C88H90N4Si2/c1-85(2,3)57-31-27-55(28-32-57)69-51-59(87(7,8)9)35-47-75(69)89(61-37-41-63(42-38-61)93(13,14)15)77-49-45-65-71-53-80-72(54-79(71)91-73-25-21-19-23-67(73)81(77)83(65)91)66-46-50-78(82-68-24-20-22-26-74(68)92(80)84(66)82)90(62-39-43-64(44-40-62)94(16,17)18)76-48-36-60(88(10,11)12)52-70(76)56-29-33-58(34-30-56)86(4,5)6/h19-54H,1-18H3. The summed E-state index contributed by atoms with van der Waals surface area (Å²) in [6, 6.07) is 85.5. The first-order valence-corrected chi connectivity index (χ1v) is 41.1. The third-order valence-corrected chi connectivity index (χ3v) is 24.7. The van der Waals surface area contributed by atoms with Crippen molar-refractivity contribution in [2.24, 2.45) is 0 Å². The minimum absolute atomic E-state index is 0.0346. The lowest BCUT2D eigenvalue weighted by Gasteiger charge is -2.31. The van der Waals surface area contributed by atoms with Crippen LogP contribution in [0.25, 0.3) is 98.4 Å². The number of nitrogens with zero attached hydrogens (tertiary/aromatic N) is 4. The van der Waals surface area contributed by atoms with Crippen molar-refractivity contribution in [2.45, 2.75) is 144 Å². The first-order valence-electron chi connectivity index (χ1n) is 34.1. The highest BCUT2D eigenvalue weighted by molar-refractivity contribution is 6.89. The van der Waals surface area contributed by atoms with Gasteiger partial charge in [-0.1, -0.05) is 266 Å². The van der Waals surface area contributed by atoms with Crippen molar-refractivity contribution in [1.29, 1.82) is 0 Å². The van der Waals surface area contributed by atoms with Crippen LogP contribution in [0.2, 0.25) is 39.3 Å². The summed E-state index contributed by atoms with van der Waals surface area (Å²) in [5.41, 5.74) is 24.4. The van der Waals surface area contributed by atoms with Gasteiger partial charge in [-0.25, -0.2) is 0 Å². The number of para-hydroxylation sites is 2. The van der Waals surface area contributed by atoms with Gasteiger partial charge in [-0.05, 0) is 140 Å². The van der Waals surface area contributed by atoms with Gasteiger partial charge in [0.25, 0.3) is 0 Å². The molecule has 0 bridgehead atoms. The van der Waals surface area contributed by atoms with Crippen molar-refractivity contribution in [3.8, 4) is 22.3 Å². The lowest BCUT2D eigenvalue weighted by molar-refractivity contribution is 0.589. The zero-order valence-corrected chi connectivity index (χ0v) is 60.6. The molecule has 0 atom stereocenters. The van der Waals surface area contributed by atoms with Crippen LogP contribution < -0.4 is 20.2 Å². The van der Waals surface area contributed by atoms with Crippen LogP contribution in [0.1, 0.15) is 105 Å². The lowest BCUT2D eigenvalue weighted by atomic mass is 9.83. The molecule has 0 saturated heterocycles. The van der Waals surface area contributed by atoms with E-state index in [9.17, 15) is 0 Å². The van der Waals surface area contributed by atoms with Crippen LogP contribution >= 0.6 is 0 Å². The van der Waals surface area contributed by atoms with Crippen LogP contribution in [0.3, 0.4) is 0 Å². The quantitative estimate of drug-likeness (QED) is 0.127. The van der Waals surface area contributed by atoms with Crippen molar-refractivity contribution >= 4 is 137 Å². The van der Waals surface area contributed by atoms with Gasteiger partial charge in [-0.3, -0.25) is 0 Å². The van der Waals surface area contributed by atoms with Crippen molar-refractivity contribution in [2.75, 3.05) is 9.80 Å². The van der Waals surface area contributed by atoms with Crippen molar-refractivity contribution in [3.05, 3.63) is 241 Å². The van der Waals surface area contributed by atoms with Crippen molar-refractivity contribution < 1.29 is 0 Å². The van der Waals surface area contributed by atoms with E-state index < -0.39 is 16.1 Å². The van der Waals surface area contributed by atoms with E-state index in [1.54, 1.807) is 0 Å². The predicted octanol–water partition coefficient (Wildman–Crippen LogP) is 24.5. The van der Waals surface area contributed by atoms with Gasteiger partial charge in [0, 0.05) is 65.6 Å². The molecule has 4 nitrogen and oxygen atoms in total. The summed E-state index contributed by atoms with van der Waals surface area (Å²) in [7, 11) is -3.25. The number of rotatable bonds is 10. The summed E-state index contributed by atoms with van der Waals surface area (Å²) in [5.74, 6) is 0. The fourth-order valence-corrected chi connectivity index (χ4v) is 17.4. The summed E-state index contributed by atoms with van der Waals surface area (Å²) in [6.45, 7) is 42.5. The molecular formula is C88H90N4Si2. The number of aromatic nitrogens is 2. The van der Waals surface area contributed by atoms with Gasteiger partial charge < -0.3 is 18.6 Å². The third kappa shape index (κ3) is 9.95. The molecule has 11 aromatic carbocycles. The lowest BCUT2D eigenvalue weighted by Crippen LogP contribution is -2.37. The van der Waals surface area contributed by atoms with E-state index in [0.29, 0.717) is 0 Å². The molecule has 0 aliphatic carbocycles. The smallest absolute Gasteiger partial charge is 0.0775 e. The monoisotopic (exact) mass is 1260 g/mol. The molecule has 0 amide bonds. The van der Waals surface area contributed by atoms with Crippen LogP contribution in [0.15, 0.2) is 218 Å². The fraction of sp³-hybridized carbons (Fsp3) is 0.250. The highest BCUT2D eigenvalue weighted by Gasteiger charge is 2.32. The summed E-state index contributed by atoms with van der Waals surface area (Å²) < 4.78 is 5.20. The zero-order chi connectivity index (χ0) is 66.1. The van der Waals surface area contributed by atoms with Gasteiger partial charge in [0.2, 0.25) is 0 Å². The Kier molecular flexibility index (Phi) is 13.9. The summed E-state index contributed by atoms with van der Waals surface area (Å²) in [4.78, 5) is 5.16. The van der Waals surface area contributed by atoms with Crippen LogP contribution in [-0.2, 0) is 21.7 Å². The van der Waals surface area contributed by atoms with Gasteiger partial charge in [0.05, 0.1) is 72.0 Å². The Bertz CT molecular complexity index is 5100. The molecule has 15 aromatic rings. The largest absolute Gasteiger partial charge is 0.309 e. The summed E-state index contributed by atoms with van der Waals surface area (Å²) >= 11 is 0. The van der Waals surface area contributed by atoms with E-state index in [2.05, 4.69) is 359 Å². The Morgan fingerprint density at radius 3 is 0.926 bits per heavy atom. The molecule has 0 unspecified atom stereocenters. The Labute approximate surface area is 558 Å². The highest BCUT2D eigenvalue weighted by Crippen LogP contribution is 2.54. The molecule has 4 aromatic heterocycles. The van der Waals surface area contributed by atoms with Crippen molar-refractivity contribution in [3.63, 3.8) is 0 Å². The molecule has 94 heavy (non-hydrogen) atoms. The summed E-state index contributed by atoms with van der Waals surface area (Å²) in [6.07, 6.45) is 0. The topological polar surface area (TPSA) is 15.3 Å². The maximum atomic E-state index is 2.60. The number of hydrogen-bond acceptors (Lipinski definition) is 2. The van der Waals surface area contributed by atoms with E-state index in [0.717, 1.165) is 22.7 Å². The zero-order valence-electron chi connectivity index (χ0n) is 58.6. The molecule has 15 rings (SSSR count). The van der Waals surface area contributed by atoms with Gasteiger partial charge in [-0.2, -0.15) is 0 Å². The average Bonchev–Trinajstić information content (AvgIpc) is 1.51. The molecule has 6 heteroatoms. The van der Waals surface area contributed by atoms with Crippen LogP contribution in [-0.4, -0.2) is 24.9 Å². The molecule has 0 radical (unpaired) electrons. The molecule has 4 heterocycles. The van der Waals surface area contributed by atoms with E-state index in [1.165, 1.54) is 142 Å². The number of benzene rings is 11. The molecule has 470 valence electrons. The van der Waals surface area contributed by atoms with E-state index in [1.807, 2.05) is 0 Å². The fourth-order valence-electron chi connectivity index (χ4n) is 15.0. The molecular weight excluding hydrogens is 1170 g/mol. The van der Waals surface area contributed by atoms with E-state index in [-0.39, 0.29) is 21.7 Å². The second-order valence-electron chi connectivity index (χ2n) is 33.2. The second-order valence-corrected chi connectivity index (χ2v) is 43.3. The van der Waals surface area contributed by atoms with Gasteiger partial charge in [-0.15, -0.1) is 0 Å². The molecule has 0 aliphatic heterocycles. The number of anilines is 6. The number of fused-ring (bicyclic) bond motifs is 12. The maximum Gasteiger partial charge on any atom is 0.0775 e. The average molecular weight is 1260 g/mol. The molecule has 0 aliphatic rings. The van der Waals surface area contributed by atoms with E-state index >= 15 is 0 Å². The highest BCUT2D eigenvalue weighted by atomic mass is 28.3. The molecule has 0 spiro atoms. The summed E-state index contributed by atoms with van der Waals surface area (Å²) in [5, 5.41) is 12.9.